The van der Waals surface area contributed by atoms with Gasteiger partial charge in [-0.05, 0) is 36.4 Å². The maximum atomic E-state index is 12.0. The highest BCUT2D eigenvalue weighted by molar-refractivity contribution is 7.89. The third kappa shape index (κ3) is 4.68. The van der Waals surface area contributed by atoms with Crippen molar-refractivity contribution in [3.63, 3.8) is 0 Å². The Morgan fingerprint density at radius 1 is 1.19 bits per heavy atom. The van der Waals surface area contributed by atoms with Crippen molar-refractivity contribution < 1.29 is 13.2 Å². The average Bonchev–Trinajstić information content (AvgIpc) is 3.11. The Hall–Kier alpha value is -3.25. The first-order chi connectivity index (χ1) is 12.8. The Morgan fingerprint density at radius 2 is 1.93 bits per heavy atom. The normalized spacial score (nSPS) is 11.4. The molecule has 3 aromatic rings. The minimum atomic E-state index is -3.82. The lowest BCUT2D eigenvalue weighted by Crippen LogP contribution is -2.33. The van der Waals surface area contributed by atoms with Crippen LogP contribution in [0.15, 0.2) is 41.6 Å². The first-order valence-corrected chi connectivity index (χ1v) is 9.25. The van der Waals surface area contributed by atoms with E-state index in [0.29, 0.717) is 23.6 Å². The van der Waals surface area contributed by atoms with E-state index in [9.17, 15) is 13.2 Å². The number of nitrogens with one attached hydrogen (secondary N) is 1. The zero-order valence-corrected chi connectivity index (χ0v) is 15.1. The number of nitrogens with two attached hydrogens (primary N) is 1. The van der Waals surface area contributed by atoms with Crippen LogP contribution in [-0.4, -0.2) is 51.0 Å². The molecule has 3 N–H and O–H groups in total. The van der Waals surface area contributed by atoms with E-state index in [2.05, 4.69) is 30.1 Å². The molecule has 0 unspecified atom stereocenters. The lowest BCUT2D eigenvalue weighted by molar-refractivity contribution is -0.116. The van der Waals surface area contributed by atoms with Gasteiger partial charge in [0.1, 0.15) is 6.54 Å². The van der Waals surface area contributed by atoms with Gasteiger partial charge in [-0.2, -0.15) is 4.80 Å². The van der Waals surface area contributed by atoms with Crippen LogP contribution in [0.25, 0.3) is 11.4 Å². The standard InChI is InChI=1S/C15H16N8O3S/c1-10-6-18-12(7-17-10)9-23-21-15(20-22-23)11-2-4-13(5-3-11)27(25,26)19-8-14(16)24/h2-7,19H,8-9H2,1H3,(H2,16,24). The molecule has 0 aliphatic rings. The van der Waals surface area contributed by atoms with Crippen molar-refractivity contribution >= 4 is 15.9 Å². The van der Waals surface area contributed by atoms with Gasteiger partial charge in [0.05, 0.1) is 29.0 Å². The molecule has 27 heavy (non-hydrogen) atoms. The highest BCUT2D eigenvalue weighted by Gasteiger charge is 2.15. The lowest BCUT2D eigenvalue weighted by Gasteiger charge is -2.05. The largest absolute Gasteiger partial charge is 0.369 e. The van der Waals surface area contributed by atoms with E-state index < -0.39 is 22.5 Å². The van der Waals surface area contributed by atoms with E-state index in [1.165, 1.54) is 16.9 Å². The molecule has 0 saturated heterocycles. The Morgan fingerprint density at radius 3 is 2.56 bits per heavy atom. The summed E-state index contributed by atoms with van der Waals surface area (Å²) in [6.45, 7) is 1.68. The van der Waals surface area contributed by atoms with E-state index in [0.717, 1.165) is 5.69 Å². The molecule has 1 aromatic carbocycles. The molecule has 0 fully saturated rings. The summed E-state index contributed by atoms with van der Waals surface area (Å²) in [5.41, 5.74) is 7.03. The van der Waals surface area contributed by atoms with Crippen LogP contribution in [0.1, 0.15) is 11.4 Å². The van der Waals surface area contributed by atoms with Crippen molar-refractivity contribution in [3.8, 4) is 11.4 Å². The zero-order chi connectivity index (χ0) is 19.4. The molecular weight excluding hydrogens is 372 g/mol. The van der Waals surface area contributed by atoms with Gasteiger partial charge < -0.3 is 5.73 Å². The highest BCUT2D eigenvalue weighted by Crippen LogP contribution is 2.17. The van der Waals surface area contributed by atoms with E-state index in [1.54, 1.807) is 24.5 Å². The monoisotopic (exact) mass is 388 g/mol. The van der Waals surface area contributed by atoms with Crippen molar-refractivity contribution in [1.29, 1.82) is 0 Å². The smallest absolute Gasteiger partial charge is 0.241 e. The number of carbonyl (C=O) groups excluding carboxylic acids is 1. The number of hydrogen-bond donors (Lipinski definition) is 2. The van der Waals surface area contributed by atoms with Crippen molar-refractivity contribution in [2.24, 2.45) is 5.73 Å². The number of rotatable bonds is 7. The average molecular weight is 388 g/mol. The second kappa shape index (κ2) is 7.55. The maximum Gasteiger partial charge on any atom is 0.241 e. The Kier molecular flexibility index (Phi) is 5.19. The quantitative estimate of drug-likeness (QED) is 0.535. The Balaban J connectivity index is 1.73. The van der Waals surface area contributed by atoms with Gasteiger partial charge in [-0.1, -0.05) is 0 Å². The second-order valence-corrected chi connectivity index (χ2v) is 7.37. The fourth-order valence-corrected chi connectivity index (χ4v) is 3.10. The predicted octanol–water partition coefficient (Wildman–Crippen LogP) is -0.750. The summed E-state index contributed by atoms with van der Waals surface area (Å²) in [6.07, 6.45) is 3.29. The lowest BCUT2D eigenvalue weighted by atomic mass is 10.2. The number of amides is 1. The van der Waals surface area contributed by atoms with Crippen molar-refractivity contribution in [1.82, 2.24) is 34.9 Å². The molecule has 2 heterocycles. The molecule has 3 rings (SSSR count). The fraction of sp³-hybridized carbons (Fsp3) is 0.200. The van der Waals surface area contributed by atoms with E-state index >= 15 is 0 Å². The van der Waals surface area contributed by atoms with E-state index in [1.807, 2.05) is 6.92 Å². The number of carbonyl (C=O) groups is 1. The van der Waals surface area contributed by atoms with E-state index in [-0.39, 0.29) is 4.90 Å². The van der Waals surface area contributed by atoms with Gasteiger partial charge in [0.2, 0.25) is 21.8 Å². The van der Waals surface area contributed by atoms with Gasteiger partial charge in [-0.15, -0.1) is 10.2 Å². The highest BCUT2D eigenvalue weighted by atomic mass is 32.2. The fourth-order valence-electron chi connectivity index (χ4n) is 2.10. The molecule has 0 aliphatic carbocycles. The molecule has 0 bridgehead atoms. The predicted molar refractivity (Wildman–Crippen MR) is 93.5 cm³/mol. The molecule has 0 atom stereocenters. The summed E-state index contributed by atoms with van der Waals surface area (Å²) >= 11 is 0. The molecule has 0 saturated carbocycles. The molecule has 11 nitrogen and oxygen atoms in total. The summed E-state index contributed by atoms with van der Waals surface area (Å²) in [7, 11) is -3.82. The van der Waals surface area contributed by atoms with Crippen LogP contribution in [0.4, 0.5) is 0 Å². The number of benzene rings is 1. The minimum Gasteiger partial charge on any atom is -0.369 e. The summed E-state index contributed by atoms with van der Waals surface area (Å²) in [5, 5.41) is 12.2. The third-order valence-electron chi connectivity index (χ3n) is 3.45. The van der Waals surface area contributed by atoms with Crippen molar-refractivity contribution in [2.75, 3.05) is 6.54 Å². The van der Waals surface area contributed by atoms with Crippen LogP contribution in [0.3, 0.4) is 0 Å². The Labute approximate surface area is 154 Å². The third-order valence-corrected chi connectivity index (χ3v) is 4.87. The maximum absolute atomic E-state index is 12.0. The minimum absolute atomic E-state index is 0.00479. The molecule has 0 radical (unpaired) electrons. The topological polar surface area (TPSA) is 159 Å². The summed E-state index contributed by atoms with van der Waals surface area (Å²) in [5.74, 6) is -0.432. The number of aryl methyl sites for hydroxylation is 1. The number of hydrogen-bond acceptors (Lipinski definition) is 8. The van der Waals surface area contributed by atoms with Crippen LogP contribution in [0, 0.1) is 6.92 Å². The number of primary amides is 1. The molecule has 0 spiro atoms. The SMILES string of the molecule is Cc1cnc(Cn2nnc(-c3ccc(S(=O)(=O)NCC(N)=O)cc3)n2)cn1. The van der Waals surface area contributed by atoms with Crippen LogP contribution in [0.2, 0.25) is 0 Å². The van der Waals surface area contributed by atoms with Crippen LogP contribution in [-0.2, 0) is 21.4 Å². The van der Waals surface area contributed by atoms with Crippen LogP contribution >= 0.6 is 0 Å². The summed E-state index contributed by atoms with van der Waals surface area (Å²) in [6, 6.07) is 5.85. The summed E-state index contributed by atoms with van der Waals surface area (Å²) < 4.78 is 26.2. The van der Waals surface area contributed by atoms with Crippen molar-refractivity contribution in [3.05, 3.63) is 48.0 Å². The number of aromatic nitrogens is 6. The second-order valence-electron chi connectivity index (χ2n) is 5.61. The van der Waals surface area contributed by atoms with Crippen LogP contribution < -0.4 is 10.5 Å². The van der Waals surface area contributed by atoms with Crippen LogP contribution in [0.5, 0.6) is 0 Å². The number of tetrazole rings is 1. The molecule has 140 valence electrons. The van der Waals surface area contributed by atoms with Gasteiger partial charge in [-0.25, -0.2) is 13.1 Å². The van der Waals surface area contributed by atoms with Crippen molar-refractivity contribution in [2.45, 2.75) is 18.4 Å². The number of sulfonamides is 1. The molecule has 0 aliphatic heterocycles. The van der Waals surface area contributed by atoms with Gasteiger partial charge >= 0.3 is 0 Å². The van der Waals surface area contributed by atoms with Gasteiger partial charge in [0.15, 0.2) is 0 Å². The van der Waals surface area contributed by atoms with Gasteiger partial charge in [-0.3, -0.25) is 14.8 Å². The number of nitrogens with zero attached hydrogens (tertiary/aromatic N) is 6. The first-order valence-electron chi connectivity index (χ1n) is 7.77. The molecule has 1 amide bonds. The van der Waals surface area contributed by atoms with Gasteiger partial charge in [0, 0.05) is 11.8 Å². The Bertz CT molecular complexity index is 1050. The van der Waals surface area contributed by atoms with Gasteiger partial charge in [0.25, 0.3) is 0 Å². The summed E-state index contributed by atoms with van der Waals surface area (Å²) in [4.78, 5) is 20.5. The molecule has 12 heteroatoms. The zero-order valence-electron chi connectivity index (χ0n) is 14.3. The molecule has 2 aromatic heterocycles. The first kappa shape index (κ1) is 18.5. The van der Waals surface area contributed by atoms with E-state index in [4.69, 9.17) is 5.73 Å². The molecular formula is C15H16N8O3S.